The van der Waals surface area contributed by atoms with Gasteiger partial charge in [-0.05, 0) is 5.56 Å². The zero-order valence-corrected chi connectivity index (χ0v) is 11.9. The van der Waals surface area contributed by atoms with Crippen LogP contribution in [0.1, 0.15) is 5.56 Å². The number of nitriles is 1. The maximum Gasteiger partial charge on any atom is 0.134 e. The van der Waals surface area contributed by atoms with Gasteiger partial charge < -0.3 is 14.6 Å². The van der Waals surface area contributed by atoms with Crippen LogP contribution >= 0.6 is 0 Å². The summed E-state index contributed by atoms with van der Waals surface area (Å²) in [5, 5.41) is 18.2. The van der Waals surface area contributed by atoms with Crippen LogP contribution in [0.15, 0.2) is 41.7 Å². The van der Waals surface area contributed by atoms with E-state index in [2.05, 4.69) is 0 Å². The normalized spacial score (nSPS) is 18.3. The summed E-state index contributed by atoms with van der Waals surface area (Å²) in [4.78, 5) is 0. The second-order valence-electron chi connectivity index (χ2n) is 3.77. The zero-order chi connectivity index (χ0) is 12.1. The molecule has 18 heavy (non-hydrogen) atoms. The molecule has 1 unspecified atom stereocenters. The molecule has 1 heterocycles. The third kappa shape index (κ3) is 3.68. The van der Waals surface area contributed by atoms with Crippen molar-refractivity contribution in [2.75, 3.05) is 13.2 Å². The van der Waals surface area contributed by atoms with Crippen LogP contribution < -0.4 is 0 Å². The minimum atomic E-state index is -0.441. The van der Waals surface area contributed by atoms with Crippen molar-refractivity contribution >= 4 is 0 Å². The van der Waals surface area contributed by atoms with Crippen LogP contribution in [0.2, 0.25) is 0 Å². The number of hydrogen-bond donors (Lipinski definition) is 1. The first-order valence-corrected chi connectivity index (χ1v) is 5.36. The number of ether oxygens (including phenoxy) is 2. The third-order valence-corrected chi connectivity index (χ3v) is 2.56. The van der Waals surface area contributed by atoms with Crippen molar-refractivity contribution < 1.29 is 35.6 Å². The van der Waals surface area contributed by atoms with Gasteiger partial charge in [0.1, 0.15) is 30.1 Å². The van der Waals surface area contributed by atoms with Gasteiger partial charge in [0.2, 0.25) is 0 Å². The van der Waals surface area contributed by atoms with Gasteiger partial charge in [-0.2, -0.15) is 5.26 Å². The van der Waals surface area contributed by atoms with E-state index in [1.807, 2.05) is 36.4 Å². The van der Waals surface area contributed by atoms with Gasteiger partial charge in [-0.1, -0.05) is 30.3 Å². The van der Waals surface area contributed by atoms with Crippen molar-refractivity contribution in [3.63, 3.8) is 0 Å². The summed E-state index contributed by atoms with van der Waals surface area (Å²) < 4.78 is 10.7. The third-order valence-electron chi connectivity index (χ3n) is 2.56. The second-order valence-corrected chi connectivity index (χ2v) is 3.77. The van der Waals surface area contributed by atoms with Crippen LogP contribution in [0.5, 0.6) is 0 Å². The van der Waals surface area contributed by atoms with Crippen molar-refractivity contribution in [2.45, 2.75) is 12.7 Å². The Morgan fingerprint density at radius 3 is 2.78 bits per heavy atom. The van der Waals surface area contributed by atoms with Gasteiger partial charge in [-0.3, -0.25) is 0 Å². The molecule has 0 aromatic heterocycles. The summed E-state index contributed by atoms with van der Waals surface area (Å²) >= 11 is 0. The summed E-state index contributed by atoms with van der Waals surface area (Å²) in [5.74, 6) is 0.0146. The van der Waals surface area contributed by atoms with Gasteiger partial charge in [0.05, 0.1) is 13.2 Å². The summed E-state index contributed by atoms with van der Waals surface area (Å²) in [7, 11) is 0. The number of aliphatic hydroxyl groups excluding tert-OH is 1. The Balaban J connectivity index is 0.00000162. The van der Waals surface area contributed by atoms with Crippen LogP contribution in [-0.2, 0) is 37.1 Å². The average molecular weight is 426 g/mol. The molecule has 0 spiro atoms. The number of nitrogens with zero attached hydrogens (tertiary/aromatic N) is 1. The molecule has 0 saturated carbocycles. The van der Waals surface area contributed by atoms with Crippen molar-refractivity contribution in [1.82, 2.24) is 0 Å². The van der Waals surface area contributed by atoms with Crippen molar-refractivity contribution in [1.29, 1.82) is 5.26 Å². The van der Waals surface area contributed by atoms with Gasteiger partial charge in [0.15, 0.2) is 0 Å². The van der Waals surface area contributed by atoms with Crippen LogP contribution in [0.3, 0.4) is 0 Å². The first-order chi connectivity index (χ1) is 8.31. The second kappa shape index (κ2) is 7.33. The van der Waals surface area contributed by atoms with Gasteiger partial charge in [-0.15, -0.1) is 0 Å². The molecule has 0 fully saturated rings. The maximum atomic E-state index is 9.35. The molecule has 1 N–H and O–H groups in total. The topological polar surface area (TPSA) is 62.5 Å². The van der Waals surface area contributed by atoms with Crippen molar-refractivity contribution in [3.8, 4) is 6.07 Å². The molecule has 98 valence electrons. The predicted molar refractivity (Wildman–Crippen MR) is 61.1 cm³/mol. The molecule has 0 saturated heterocycles. The van der Waals surface area contributed by atoms with E-state index in [0.29, 0.717) is 6.61 Å². The Labute approximate surface area is 120 Å². The molecular formula is C13H13NO3Pt. The number of rotatable bonds is 4. The van der Waals surface area contributed by atoms with Gasteiger partial charge in [0.25, 0.3) is 0 Å². The fraction of sp³-hybridized carbons (Fsp3) is 0.308. The molecule has 0 radical (unpaired) electrons. The van der Waals surface area contributed by atoms with Gasteiger partial charge in [0, 0.05) is 21.1 Å². The van der Waals surface area contributed by atoms with E-state index in [0.717, 1.165) is 5.56 Å². The molecule has 1 aromatic carbocycles. The van der Waals surface area contributed by atoms with Crippen LogP contribution in [-0.4, -0.2) is 24.4 Å². The number of aliphatic hydroxyl groups is 1. The summed E-state index contributed by atoms with van der Waals surface area (Å²) in [6.45, 7) is 0.851. The van der Waals surface area contributed by atoms with Gasteiger partial charge >= 0.3 is 0 Å². The molecule has 0 aliphatic carbocycles. The number of hydrogen-bond acceptors (Lipinski definition) is 4. The van der Waals surface area contributed by atoms with E-state index in [1.54, 1.807) is 0 Å². The van der Waals surface area contributed by atoms with Gasteiger partial charge in [-0.25, -0.2) is 0 Å². The Morgan fingerprint density at radius 1 is 1.39 bits per heavy atom. The molecule has 1 aliphatic rings. The zero-order valence-electron chi connectivity index (χ0n) is 9.61. The molecule has 5 heteroatoms. The molecule has 4 nitrogen and oxygen atoms in total. The molecule has 2 rings (SSSR count). The Hall–Kier alpha value is -1.14. The minimum absolute atomic E-state index is 0. The van der Waals surface area contributed by atoms with E-state index >= 15 is 0 Å². The van der Waals surface area contributed by atoms with Crippen LogP contribution in [0.25, 0.3) is 0 Å². The molecule has 1 aliphatic heterocycles. The van der Waals surface area contributed by atoms with E-state index in [9.17, 15) is 5.11 Å². The number of benzene rings is 1. The maximum absolute atomic E-state index is 9.35. The van der Waals surface area contributed by atoms with E-state index in [4.69, 9.17) is 14.7 Å². The Kier molecular flexibility index (Phi) is 6.07. The van der Waals surface area contributed by atoms with Crippen LogP contribution in [0, 0.1) is 11.3 Å². The fourth-order valence-electron chi connectivity index (χ4n) is 1.65. The monoisotopic (exact) mass is 426 g/mol. The SMILES string of the molecule is N#CC1=C(O)COC1COCc1ccccc1.[Pt]. The van der Waals surface area contributed by atoms with E-state index in [-0.39, 0.29) is 45.6 Å². The molecule has 1 aromatic rings. The molecule has 0 amide bonds. The summed E-state index contributed by atoms with van der Waals surface area (Å²) in [6, 6.07) is 11.7. The first kappa shape index (κ1) is 14.9. The fourth-order valence-corrected chi connectivity index (χ4v) is 1.65. The largest absolute Gasteiger partial charge is 0.509 e. The Bertz CT molecular complexity index is 453. The van der Waals surface area contributed by atoms with E-state index in [1.165, 1.54) is 0 Å². The van der Waals surface area contributed by atoms with Crippen molar-refractivity contribution in [2.24, 2.45) is 0 Å². The van der Waals surface area contributed by atoms with Crippen molar-refractivity contribution in [3.05, 3.63) is 47.2 Å². The molecule has 1 atom stereocenters. The molecule has 0 bridgehead atoms. The van der Waals surface area contributed by atoms with Crippen LogP contribution in [0.4, 0.5) is 0 Å². The van der Waals surface area contributed by atoms with E-state index < -0.39 is 6.10 Å². The Morgan fingerprint density at radius 2 is 2.11 bits per heavy atom. The predicted octanol–water partition coefficient (Wildman–Crippen LogP) is 1.94. The molecular weight excluding hydrogens is 413 g/mol. The standard InChI is InChI=1S/C13H13NO3.Pt/c14-6-11-12(15)8-17-13(11)9-16-7-10-4-2-1-3-5-10;/h1-5,13,15H,7-9H2;. The quantitative estimate of drug-likeness (QED) is 0.800. The summed E-state index contributed by atoms with van der Waals surface area (Å²) in [5.41, 5.74) is 1.34. The average Bonchev–Trinajstić information content (AvgIpc) is 2.71. The minimum Gasteiger partial charge on any atom is -0.509 e. The summed E-state index contributed by atoms with van der Waals surface area (Å²) in [6.07, 6.45) is -0.441. The smallest absolute Gasteiger partial charge is 0.134 e. The first-order valence-electron chi connectivity index (χ1n) is 5.36.